The Hall–Kier alpha value is -1.22. The van der Waals surface area contributed by atoms with E-state index in [1.165, 1.54) is 0 Å². The third-order valence-electron chi connectivity index (χ3n) is 2.01. The van der Waals surface area contributed by atoms with Gasteiger partial charge in [-0.2, -0.15) is 0 Å². The third kappa shape index (κ3) is 4.21. The lowest BCUT2D eigenvalue weighted by Crippen LogP contribution is -2.39. The number of aromatic nitrogens is 1. The highest BCUT2D eigenvalue weighted by molar-refractivity contribution is 5.97. The van der Waals surface area contributed by atoms with Crippen LogP contribution in [0.2, 0.25) is 0 Å². The second kappa shape index (κ2) is 4.53. The van der Waals surface area contributed by atoms with Crippen molar-refractivity contribution in [2.45, 2.75) is 33.2 Å². The summed E-state index contributed by atoms with van der Waals surface area (Å²) >= 11 is 0. The van der Waals surface area contributed by atoms with Crippen LogP contribution in [-0.4, -0.2) is 22.9 Å². The summed E-state index contributed by atoms with van der Waals surface area (Å²) in [7, 11) is 0. The third-order valence-corrected chi connectivity index (χ3v) is 2.01. The molecule has 3 heteroatoms. The van der Waals surface area contributed by atoms with E-state index < -0.39 is 0 Å². The molecule has 0 spiro atoms. The lowest BCUT2D eigenvalue weighted by atomic mass is 10.1. The molecule has 0 radical (unpaired) electrons. The lowest BCUT2D eigenvalue weighted by molar-refractivity contribution is 0.0981. The zero-order chi connectivity index (χ0) is 11.5. The number of aryl methyl sites for hydroxylation is 1. The molecule has 1 aromatic rings. The molecule has 0 amide bonds. The number of rotatable bonds is 3. The average Bonchev–Trinajstić information content (AvgIpc) is 2.14. The van der Waals surface area contributed by atoms with Crippen molar-refractivity contribution < 1.29 is 4.79 Å². The van der Waals surface area contributed by atoms with Gasteiger partial charge in [0.05, 0.1) is 6.54 Å². The van der Waals surface area contributed by atoms with Crippen LogP contribution in [0.5, 0.6) is 0 Å². The van der Waals surface area contributed by atoms with Crippen LogP contribution >= 0.6 is 0 Å². The fraction of sp³-hybridized carbons (Fsp3) is 0.500. The molecule has 0 aliphatic heterocycles. The number of carbonyl (C=O) groups is 1. The molecule has 0 unspecified atom stereocenters. The van der Waals surface area contributed by atoms with E-state index in [-0.39, 0.29) is 11.3 Å². The van der Waals surface area contributed by atoms with Crippen molar-refractivity contribution >= 4 is 5.78 Å². The molecule has 15 heavy (non-hydrogen) atoms. The van der Waals surface area contributed by atoms with Gasteiger partial charge < -0.3 is 5.32 Å². The van der Waals surface area contributed by atoms with Crippen LogP contribution in [0.15, 0.2) is 18.3 Å². The summed E-state index contributed by atoms with van der Waals surface area (Å²) in [6, 6.07) is 3.67. The van der Waals surface area contributed by atoms with E-state index in [0.29, 0.717) is 12.1 Å². The number of hydrogen-bond acceptors (Lipinski definition) is 3. The first-order valence-corrected chi connectivity index (χ1v) is 5.09. The molecule has 0 bridgehead atoms. The van der Waals surface area contributed by atoms with E-state index in [4.69, 9.17) is 0 Å². The maximum absolute atomic E-state index is 11.7. The number of carbonyl (C=O) groups excluding carboxylic acids is 1. The van der Waals surface area contributed by atoms with Crippen LogP contribution < -0.4 is 5.32 Å². The van der Waals surface area contributed by atoms with Crippen molar-refractivity contribution in [1.29, 1.82) is 0 Å². The maximum atomic E-state index is 11.7. The first-order valence-electron chi connectivity index (χ1n) is 5.09. The first-order chi connectivity index (χ1) is 6.88. The highest BCUT2D eigenvalue weighted by Gasteiger charge is 2.12. The molecule has 0 aliphatic carbocycles. The van der Waals surface area contributed by atoms with Crippen LogP contribution in [-0.2, 0) is 0 Å². The molecule has 3 nitrogen and oxygen atoms in total. The quantitative estimate of drug-likeness (QED) is 0.769. The van der Waals surface area contributed by atoms with Crippen LogP contribution in [0, 0.1) is 6.92 Å². The Morgan fingerprint density at radius 1 is 1.40 bits per heavy atom. The normalized spacial score (nSPS) is 11.5. The van der Waals surface area contributed by atoms with E-state index in [1.807, 2.05) is 39.8 Å². The Labute approximate surface area is 90.9 Å². The topological polar surface area (TPSA) is 42.0 Å². The van der Waals surface area contributed by atoms with Gasteiger partial charge in [0.2, 0.25) is 0 Å². The Kier molecular flexibility index (Phi) is 3.58. The SMILES string of the molecule is Cc1ccc(C(=O)CNC(C)(C)C)cn1. The summed E-state index contributed by atoms with van der Waals surface area (Å²) in [5.41, 5.74) is 1.56. The number of nitrogens with zero attached hydrogens (tertiary/aromatic N) is 1. The standard InChI is InChI=1S/C12H18N2O/c1-9-5-6-10(7-13-9)11(15)8-14-12(2,3)4/h5-7,14H,8H2,1-4H3. The van der Waals surface area contributed by atoms with Crippen molar-refractivity contribution in [2.75, 3.05) is 6.54 Å². The predicted octanol–water partition coefficient (Wildman–Crippen LogP) is 1.96. The zero-order valence-electron chi connectivity index (χ0n) is 9.79. The number of Topliss-reactive ketones (excluding diaryl/α,β-unsaturated/α-hetero) is 1. The molecule has 0 saturated carbocycles. The van der Waals surface area contributed by atoms with Gasteiger partial charge in [-0.25, -0.2) is 0 Å². The van der Waals surface area contributed by atoms with Gasteiger partial charge in [0.25, 0.3) is 0 Å². The van der Waals surface area contributed by atoms with E-state index in [2.05, 4.69) is 10.3 Å². The highest BCUT2D eigenvalue weighted by Crippen LogP contribution is 2.02. The van der Waals surface area contributed by atoms with Gasteiger partial charge in [0.15, 0.2) is 5.78 Å². The summed E-state index contributed by atoms with van der Waals surface area (Å²) in [5.74, 6) is 0.0809. The molecule has 82 valence electrons. The van der Waals surface area contributed by atoms with Crippen LogP contribution in [0.4, 0.5) is 0 Å². The number of ketones is 1. The van der Waals surface area contributed by atoms with Crippen LogP contribution in [0.25, 0.3) is 0 Å². The summed E-state index contributed by atoms with van der Waals surface area (Å²) in [5, 5.41) is 3.16. The molecule has 1 aromatic heterocycles. The van der Waals surface area contributed by atoms with Crippen molar-refractivity contribution in [3.8, 4) is 0 Å². The summed E-state index contributed by atoms with van der Waals surface area (Å²) in [4.78, 5) is 15.8. The fourth-order valence-corrected chi connectivity index (χ4v) is 1.08. The van der Waals surface area contributed by atoms with Gasteiger partial charge in [-0.3, -0.25) is 9.78 Å². The molecule has 0 aromatic carbocycles. The minimum atomic E-state index is -0.0339. The van der Waals surface area contributed by atoms with Crippen molar-refractivity contribution in [2.24, 2.45) is 0 Å². The molecule has 1 N–H and O–H groups in total. The first kappa shape index (κ1) is 11.9. The van der Waals surface area contributed by atoms with Gasteiger partial charge in [-0.05, 0) is 39.8 Å². The Morgan fingerprint density at radius 3 is 2.53 bits per heavy atom. The second-order valence-corrected chi connectivity index (χ2v) is 4.71. The molecule has 0 saturated heterocycles. The molecule has 0 atom stereocenters. The molecule has 0 fully saturated rings. The minimum absolute atomic E-state index is 0.0339. The van der Waals surface area contributed by atoms with E-state index in [9.17, 15) is 4.79 Å². The Morgan fingerprint density at radius 2 is 2.07 bits per heavy atom. The summed E-state index contributed by atoms with van der Waals surface area (Å²) in [6.45, 7) is 8.37. The summed E-state index contributed by atoms with van der Waals surface area (Å²) in [6.07, 6.45) is 1.63. The average molecular weight is 206 g/mol. The largest absolute Gasteiger partial charge is 0.305 e. The van der Waals surface area contributed by atoms with E-state index in [0.717, 1.165) is 5.69 Å². The number of nitrogens with one attached hydrogen (secondary N) is 1. The molecule has 1 heterocycles. The maximum Gasteiger partial charge on any atom is 0.178 e. The summed E-state index contributed by atoms with van der Waals surface area (Å²) < 4.78 is 0. The number of pyridine rings is 1. The van der Waals surface area contributed by atoms with Crippen molar-refractivity contribution in [3.05, 3.63) is 29.6 Å². The van der Waals surface area contributed by atoms with Crippen molar-refractivity contribution in [3.63, 3.8) is 0 Å². The molecular formula is C12H18N2O. The van der Waals surface area contributed by atoms with Gasteiger partial charge >= 0.3 is 0 Å². The van der Waals surface area contributed by atoms with Crippen molar-refractivity contribution in [1.82, 2.24) is 10.3 Å². The van der Waals surface area contributed by atoms with Gasteiger partial charge in [-0.15, -0.1) is 0 Å². The Balaban J connectivity index is 2.58. The van der Waals surface area contributed by atoms with Gasteiger partial charge in [0.1, 0.15) is 0 Å². The van der Waals surface area contributed by atoms with Crippen LogP contribution in [0.3, 0.4) is 0 Å². The minimum Gasteiger partial charge on any atom is -0.305 e. The molecular weight excluding hydrogens is 188 g/mol. The second-order valence-electron chi connectivity index (χ2n) is 4.71. The fourth-order valence-electron chi connectivity index (χ4n) is 1.08. The number of hydrogen-bond donors (Lipinski definition) is 1. The van der Waals surface area contributed by atoms with Gasteiger partial charge in [0, 0.05) is 23.0 Å². The highest BCUT2D eigenvalue weighted by atomic mass is 16.1. The van der Waals surface area contributed by atoms with Gasteiger partial charge in [-0.1, -0.05) is 0 Å². The molecule has 1 rings (SSSR count). The predicted molar refractivity (Wildman–Crippen MR) is 61.1 cm³/mol. The zero-order valence-corrected chi connectivity index (χ0v) is 9.79. The molecule has 0 aliphatic rings. The van der Waals surface area contributed by atoms with E-state index in [1.54, 1.807) is 6.20 Å². The Bertz CT molecular complexity index is 336. The lowest BCUT2D eigenvalue weighted by Gasteiger charge is -2.19. The smallest absolute Gasteiger partial charge is 0.178 e. The monoisotopic (exact) mass is 206 g/mol. The van der Waals surface area contributed by atoms with E-state index >= 15 is 0 Å². The van der Waals surface area contributed by atoms with Crippen LogP contribution in [0.1, 0.15) is 36.8 Å².